The minimum Gasteiger partial charge on any atom is -0.334 e. The fourth-order valence-electron chi connectivity index (χ4n) is 2.45. The first-order valence-corrected chi connectivity index (χ1v) is 6.72. The summed E-state index contributed by atoms with van der Waals surface area (Å²) in [4.78, 5) is 22.7. The van der Waals surface area contributed by atoms with Gasteiger partial charge in [-0.1, -0.05) is 6.07 Å². The molecule has 21 heavy (non-hydrogen) atoms. The van der Waals surface area contributed by atoms with Gasteiger partial charge in [-0.15, -0.1) is 0 Å². The second kappa shape index (κ2) is 5.05. The second-order valence-corrected chi connectivity index (χ2v) is 5.13. The van der Waals surface area contributed by atoms with Crippen molar-refractivity contribution >= 4 is 11.6 Å². The van der Waals surface area contributed by atoms with E-state index in [2.05, 4.69) is 9.97 Å². The maximum Gasteiger partial charge on any atom is 0.272 e. The summed E-state index contributed by atoms with van der Waals surface area (Å²) in [5, 5.41) is 0. The number of imidazole rings is 2. The zero-order valence-electron chi connectivity index (χ0n) is 12.3. The van der Waals surface area contributed by atoms with Gasteiger partial charge in [0.1, 0.15) is 11.3 Å². The molecule has 0 fully saturated rings. The van der Waals surface area contributed by atoms with Crippen LogP contribution >= 0.6 is 0 Å². The largest absolute Gasteiger partial charge is 0.334 e. The van der Waals surface area contributed by atoms with Crippen LogP contribution in [0.1, 0.15) is 21.9 Å². The Bertz CT molecular complexity index is 782. The van der Waals surface area contributed by atoms with E-state index in [0.29, 0.717) is 12.2 Å². The van der Waals surface area contributed by atoms with Crippen molar-refractivity contribution in [2.75, 3.05) is 7.05 Å². The summed E-state index contributed by atoms with van der Waals surface area (Å²) >= 11 is 0. The summed E-state index contributed by atoms with van der Waals surface area (Å²) < 4.78 is 3.74. The summed E-state index contributed by atoms with van der Waals surface area (Å²) in [6, 6.07) is 5.84. The predicted octanol–water partition coefficient (Wildman–Crippen LogP) is 1.65. The number of rotatable bonds is 3. The topological polar surface area (TPSA) is 55.4 Å². The van der Waals surface area contributed by atoms with E-state index in [9.17, 15) is 4.79 Å². The third-order valence-electron chi connectivity index (χ3n) is 3.56. The zero-order valence-corrected chi connectivity index (χ0v) is 12.3. The molecule has 0 bridgehead atoms. The Labute approximate surface area is 122 Å². The highest BCUT2D eigenvalue weighted by atomic mass is 16.2. The van der Waals surface area contributed by atoms with Gasteiger partial charge in [0.15, 0.2) is 0 Å². The number of carbonyl (C=O) groups excluding carboxylic acids is 1. The molecular weight excluding hydrogens is 266 g/mol. The molecule has 3 heterocycles. The Balaban J connectivity index is 1.86. The molecule has 0 atom stereocenters. The molecule has 0 spiro atoms. The van der Waals surface area contributed by atoms with Gasteiger partial charge in [-0.3, -0.25) is 4.79 Å². The number of aromatic nitrogens is 4. The predicted molar refractivity (Wildman–Crippen MR) is 78.9 cm³/mol. The van der Waals surface area contributed by atoms with Crippen molar-refractivity contribution in [3.63, 3.8) is 0 Å². The third kappa shape index (κ3) is 2.29. The Hall–Kier alpha value is -2.63. The molecule has 0 aromatic carbocycles. The molecule has 3 aromatic heterocycles. The number of aryl methyl sites for hydroxylation is 2. The van der Waals surface area contributed by atoms with Gasteiger partial charge in [-0.25, -0.2) is 9.97 Å². The molecule has 0 unspecified atom stereocenters. The molecule has 0 aliphatic heterocycles. The van der Waals surface area contributed by atoms with Crippen molar-refractivity contribution < 1.29 is 4.79 Å². The van der Waals surface area contributed by atoms with Gasteiger partial charge in [-0.05, 0) is 19.1 Å². The van der Waals surface area contributed by atoms with Crippen molar-refractivity contribution in [3.05, 3.63) is 54.0 Å². The second-order valence-electron chi connectivity index (χ2n) is 5.13. The van der Waals surface area contributed by atoms with Crippen LogP contribution in [0.3, 0.4) is 0 Å². The molecule has 0 N–H and O–H groups in total. The maximum atomic E-state index is 12.5. The highest BCUT2D eigenvalue weighted by Crippen LogP contribution is 2.12. The lowest BCUT2D eigenvalue weighted by Gasteiger charge is -2.17. The first-order chi connectivity index (χ1) is 10.1. The van der Waals surface area contributed by atoms with Crippen LogP contribution in [0.15, 0.2) is 36.9 Å². The summed E-state index contributed by atoms with van der Waals surface area (Å²) in [6.45, 7) is 2.34. The molecule has 0 aliphatic rings. The molecule has 1 amide bonds. The van der Waals surface area contributed by atoms with Crippen LogP contribution in [0.2, 0.25) is 0 Å². The molecular formula is C15H17N5O. The normalized spacial score (nSPS) is 11.0. The van der Waals surface area contributed by atoms with E-state index in [1.54, 1.807) is 29.0 Å². The van der Waals surface area contributed by atoms with E-state index in [4.69, 9.17) is 0 Å². The molecule has 0 aliphatic carbocycles. The van der Waals surface area contributed by atoms with Crippen molar-refractivity contribution in [1.29, 1.82) is 0 Å². The highest BCUT2D eigenvalue weighted by molar-refractivity contribution is 5.93. The van der Waals surface area contributed by atoms with Gasteiger partial charge in [0.2, 0.25) is 0 Å². The van der Waals surface area contributed by atoms with Gasteiger partial charge in [0, 0.05) is 20.3 Å². The van der Waals surface area contributed by atoms with Crippen LogP contribution in [0.5, 0.6) is 0 Å². The molecule has 6 nitrogen and oxygen atoms in total. The lowest BCUT2D eigenvalue weighted by molar-refractivity contribution is 0.0773. The first-order valence-electron chi connectivity index (χ1n) is 6.72. The third-order valence-corrected chi connectivity index (χ3v) is 3.56. The Kier molecular flexibility index (Phi) is 3.21. The molecule has 0 saturated heterocycles. The molecule has 108 valence electrons. The van der Waals surface area contributed by atoms with Crippen LogP contribution in [-0.4, -0.2) is 36.8 Å². The number of nitrogens with zero attached hydrogens (tertiary/aromatic N) is 5. The van der Waals surface area contributed by atoms with E-state index in [1.165, 1.54) is 0 Å². The van der Waals surface area contributed by atoms with Crippen molar-refractivity contribution in [1.82, 2.24) is 23.8 Å². The quantitative estimate of drug-likeness (QED) is 0.734. The van der Waals surface area contributed by atoms with E-state index >= 15 is 0 Å². The maximum absolute atomic E-state index is 12.5. The molecule has 3 aromatic rings. The Morgan fingerprint density at radius 3 is 2.86 bits per heavy atom. The number of hydrogen-bond acceptors (Lipinski definition) is 3. The summed E-state index contributed by atoms with van der Waals surface area (Å²) in [5.74, 6) is -0.0432. The summed E-state index contributed by atoms with van der Waals surface area (Å²) in [6.07, 6.45) is 5.41. The first kappa shape index (κ1) is 13.4. The molecule has 0 saturated carbocycles. The van der Waals surface area contributed by atoms with Crippen LogP contribution in [0.25, 0.3) is 5.65 Å². The fourth-order valence-corrected chi connectivity index (χ4v) is 2.45. The lowest BCUT2D eigenvalue weighted by Crippen LogP contribution is -2.29. The molecule has 0 radical (unpaired) electrons. The van der Waals surface area contributed by atoms with Crippen molar-refractivity contribution in [3.8, 4) is 0 Å². The van der Waals surface area contributed by atoms with E-state index in [1.807, 2.05) is 42.8 Å². The average Bonchev–Trinajstić information content (AvgIpc) is 3.03. The van der Waals surface area contributed by atoms with Gasteiger partial charge in [0.25, 0.3) is 5.91 Å². The van der Waals surface area contributed by atoms with Gasteiger partial charge >= 0.3 is 0 Å². The summed E-state index contributed by atoms with van der Waals surface area (Å²) in [5.41, 5.74) is 3.21. The number of hydrogen-bond donors (Lipinski definition) is 0. The van der Waals surface area contributed by atoms with Crippen molar-refractivity contribution in [2.45, 2.75) is 13.5 Å². The van der Waals surface area contributed by atoms with Gasteiger partial charge < -0.3 is 13.9 Å². The van der Waals surface area contributed by atoms with Gasteiger partial charge in [-0.2, -0.15) is 0 Å². The summed E-state index contributed by atoms with van der Waals surface area (Å²) in [7, 11) is 3.62. The van der Waals surface area contributed by atoms with E-state index in [0.717, 1.165) is 17.0 Å². The van der Waals surface area contributed by atoms with Crippen LogP contribution in [0, 0.1) is 6.92 Å². The Morgan fingerprint density at radius 2 is 2.14 bits per heavy atom. The average molecular weight is 283 g/mol. The van der Waals surface area contributed by atoms with E-state index in [-0.39, 0.29) is 5.91 Å². The standard InChI is InChI=1S/C15H17N5O/c1-11-14(19(3)10-17-11)15(21)18(2)9-12-8-16-13-6-4-5-7-20(12)13/h4-8,10H,9H2,1-3H3. The zero-order chi connectivity index (χ0) is 15.0. The smallest absolute Gasteiger partial charge is 0.272 e. The number of pyridine rings is 1. The van der Waals surface area contributed by atoms with Gasteiger partial charge in [0.05, 0.1) is 30.5 Å². The highest BCUT2D eigenvalue weighted by Gasteiger charge is 2.19. The minimum atomic E-state index is -0.0432. The fraction of sp³-hybridized carbons (Fsp3) is 0.267. The van der Waals surface area contributed by atoms with Crippen LogP contribution < -0.4 is 0 Å². The molecule has 3 rings (SSSR count). The number of fused-ring (bicyclic) bond motifs is 1. The van der Waals surface area contributed by atoms with Crippen molar-refractivity contribution in [2.24, 2.45) is 7.05 Å². The monoisotopic (exact) mass is 283 g/mol. The molecule has 6 heteroatoms. The SMILES string of the molecule is Cc1ncn(C)c1C(=O)N(C)Cc1cnc2ccccn12. The Morgan fingerprint density at radius 1 is 1.33 bits per heavy atom. The van der Waals surface area contributed by atoms with E-state index < -0.39 is 0 Å². The van der Waals surface area contributed by atoms with Crippen LogP contribution in [-0.2, 0) is 13.6 Å². The van der Waals surface area contributed by atoms with Crippen LogP contribution in [0.4, 0.5) is 0 Å². The number of carbonyl (C=O) groups is 1. The number of amides is 1. The minimum absolute atomic E-state index is 0.0432. The lowest BCUT2D eigenvalue weighted by atomic mass is 10.3.